The molecular weight excluding hydrogens is 547 g/mol. The van der Waals surface area contributed by atoms with Gasteiger partial charge in [-0.25, -0.2) is 0 Å². The molecule has 0 radical (unpaired) electrons. The van der Waals surface area contributed by atoms with Gasteiger partial charge in [0.25, 0.3) is 5.91 Å². The van der Waals surface area contributed by atoms with E-state index >= 15 is 0 Å². The summed E-state index contributed by atoms with van der Waals surface area (Å²) in [6.45, 7) is 4.63. The van der Waals surface area contributed by atoms with Crippen LogP contribution in [0.4, 0.5) is 0 Å². The molecule has 4 aromatic rings. The van der Waals surface area contributed by atoms with Gasteiger partial charge in [0, 0.05) is 39.7 Å². The fourth-order valence-corrected chi connectivity index (χ4v) is 5.40. The Morgan fingerprint density at radius 2 is 1.62 bits per heavy atom. The molecule has 40 heavy (non-hydrogen) atoms. The minimum absolute atomic E-state index is 0.00374. The monoisotopic (exact) mass is 578 g/mol. The van der Waals surface area contributed by atoms with Gasteiger partial charge in [-0.1, -0.05) is 60.8 Å². The van der Waals surface area contributed by atoms with Gasteiger partial charge in [-0.2, -0.15) is 0 Å². The first-order chi connectivity index (χ1) is 19.3. The highest BCUT2D eigenvalue weighted by atomic mass is 35.5. The number of amides is 1. The van der Waals surface area contributed by atoms with Crippen molar-refractivity contribution in [3.63, 3.8) is 0 Å². The van der Waals surface area contributed by atoms with E-state index in [1.54, 1.807) is 18.3 Å². The molecule has 4 rings (SSSR count). The number of carboxylic acid groups (broad SMARTS) is 1. The Labute approximate surface area is 244 Å². The first-order valence-electron chi connectivity index (χ1n) is 13.3. The Morgan fingerprint density at radius 3 is 2.30 bits per heavy atom. The molecule has 0 unspecified atom stereocenters. The van der Waals surface area contributed by atoms with Crippen molar-refractivity contribution in [2.24, 2.45) is 0 Å². The SMILES string of the molecule is CCC[C@H](c1ccc(C(=O)NCCC(=O)O)cc1)[C@@H](COc1ccnc2c(C)cc(Cl)cc12)c1ccc(Cl)cc1. The molecular formula is C32H32Cl2N2O4. The molecule has 8 heteroatoms. The predicted molar refractivity (Wildman–Crippen MR) is 160 cm³/mol. The second kappa shape index (κ2) is 13.6. The molecule has 0 aliphatic rings. The molecule has 3 aromatic carbocycles. The summed E-state index contributed by atoms with van der Waals surface area (Å²) in [5, 5.41) is 13.6. The van der Waals surface area contributed by atoms with Crippen LogP contribution in [0.2, 0.25) is 10.0 Å². The molecule has 208 valence electrons. The Morgan fingerprint density at radius 1 is 0.950 bits per heavy atom. The third-order valence-electron chi connectivity index (χ3n) is 6.99. The number of benzene rings is 3. The van der Waals surface area contributed by atoms with Crippen LogP contribution in [0.25, 0.3) is 10.9 Å². The van der Waals surface area contributed by atoms with Crippen LogP contribution < -0.4 is 10.1 Å². The molecule has 1 aromatic heterocycles. The molecule has 0 aliphatic carbocycles. The van der Waals surface area contributed by atoms with Gasteiger partial charge in [0.15, 0.2) is 0 Å². The van der Waals surface area contributed by atoms with Gasteiger partial charge < -0.3 is 15.2 Å². The highest BCUT2D eigenvalue weighted by molar-refractivity contribution is 6.31. The lowest BCUT2D eigenvalue weighted by molar-refractivity contribution is -0.136. The quantitative estimate of drug-likeness (QED) is 0.179. The van der Waals surface area contributed by atoms with Crippen LogP contribution in [0.3, 0.4) is 0 Å². The molecule has 6 nitrogen and oxygen atoms in total. The van der Waals surface area contributed by atoms with Crippen LogP contribution in [0.5, 0.6) is 5.75 Å². The van der Waals surface area contributed by atoms with Crippen LogP contribution in [0.1, 0.15) is 65.1 Å². The first-order valence-corrected chi connectivity index (χ1v) is 14.1. The van der Waals surface area contributed by atoms with Gasteiger partial charge in [0.2, 0.25) is 0 Å². The zero-order valence-electron chi connectivity index (χ0n) is 22.5. The zero-order chi connectivity index (χ0) is 28.6. The van der Waals surface area contributed by atoms with Gasteiger partial charge >= 0.3 is 5.97 Å². The number of nitrogens with zero attached hydrogens (tertiary/aromatic N) is 1. The standard InChI is InChI=1S/C32H32Cl2N2O4/c1-3-4-26(21-5-7-23(8-6-21)32(39)36-16-14-30(37)38)28(22-9-11-24(33)12-10-22)19-40-29-13-15-35-31-20(2)17-25(34)18-27(29)31/h5-13,15,17-18,26,28H,3-4,14,16,19H2,1-2H3,(H,36,39)(H,37,38)/t26-,28+/m1/s1. The van der Waals surface area contributed by atoms with Crippen LogP contribution in [-0.2, 0) is 4.79 Å². The average molecular weight is 580 g/mol. The largest absolute Gasteiger partial charge is 0.492 e. The van der Waals surface area contributed by atoms with Crippen molar-refractivity contribution < 1.29 is 19.4 Å². The van der Waals surface area contributed by atoms with Crippen LogP contribution in [-0.4, -0.2) is 35.1 Å². The molecule has 0 saturated heterocycles. The van der Waals surface area contributed by atoms with E-state index in [0.29, 0.717) is 22.2 Å². The van der Waals surface area contributed by atoms with E-state index in [9.17, 15) is 9.59 Å². The first kappa shape index (κ1) is 29.4. The maximum atomic E-state index is 12.5. The lowest BCUT2D eigenvalue weighted by atomic mass is 9.79. The molecule has 2 N–H and O–H groups in total. The minimum Gasteiger partial charge on any atom is -0.492 e. The number of aromatic nitrogens is 1. The summed E-state index contributed by atoms with van der Waals surface area (Å²) in [6, 6.07) is 21.0. The number of hydrogen-bond acceptors (Lipinski definition) is 4. The van der Waals surface area contributed by atoms with E-state index in [4.69, 9.17) is 33.0 Å². The van der Waals surface area contributed by atoms with E-state index in [2.05, 4.69) is 17.2 Å². The van der Waals surface area contributed by atoms with Crippen LogP contribution >= 0.6 is 23.2 Å². The fourth-order valence-electron chi connectivity index (χ4n) is 5.00. The van der Waals surface area contributed by atoms with E-state index in [-0.39, 0.29) is 30.7 Å². The average Bonchev–Trinajstić information content (AvgIpc) is 2.93. The number of aryl methyl sites for hydroxylation is 1. The lowest BCUT2D eigenvalue weighted by Gasteiger charge is -2.28. The van der Waals surface area contributed by atoms with Crippen molar-refractivity contribution in [3.05, 3.63) is 105 Å². The normalized spacial score (nSPS) is 12.6. The zero-order valence-corrected chi connectivity index (χ0v) is 24.0. The molecule has 0 fully saturated rings. The Hall–Kier alpha value is -3.61. The molecule has 1 heterocycles. The summed E-state index contributed by atoms with van der Waals surface area (Å²) >= 11 is 12.6. The molecule has 0 saturated carbocycles. The summed E-state index contributed by atoms with van der Waals surface area (Å²) in [6.07, 6.45) is 3.49. The number of hydrogen-bond donors (Lipinski definition) is 2. The fraction of sp³-hybridized carbons (Fsp3) is 0.281. The number of carbonyl (C=O) groups excluding carboxylic acids is 1. The molecule has 2 atom stereocenters. The summed E-state index contributed by atoms with van der Waals surface area (Å²) in [4.78, 5) is 27.8. The van der Waals surface area contributed by atoms with Gasteiger partial charge in [0.05, 0.1) is 18.5 Å². The van der Waals surface area contributed by atoms with E-state index in [1.165, 1.54) is 0 Å². The number of carboxylic acids is 1. The maximum absolute atomic E-state index is 12.5. The number of halogens is 2. The van der Waals surface area contributed by atoms with Crippen molar-refractivity contribution in [3.8, 4) is 5.75 Å². The minimum atomic E-state index is -0.952. The number of ether oxygens (including phenoxy) is 1. The number of rotatable bonds is 12. The summed E-state index contributed by atoms with van der Waals surface area (Å²) in [7, 11) is 0. The van der Waals surface area contributed by atoms with Gasteiger partial charge in [-0.3, -0.25) is 14.6 Å². The highest BCUT2D eigenvalue weighted by Crippen LogP contribution is 2.39. The van der Waals surface area contributed by atoms with E-state index in [0.717, 1.165) is 46.2 Å². The van der Waals surface area contributed by atoms with E-state index < -0.39 is 5.97 Å². The summed E-state index contributed by atoms with van der Waals surface area (Å²) < 4.78 is 6.51. The van der Waals surface area contributed by atoms with Crippen molar-refractivity contribution in [2.75, 3.05) is 13.2 Å². The summed E-state index contributed by atoms with van der Waals surface area (Å²) in [5.41, 5.74) is 4.52. The highest BCUT2D eigenvalue weighted by Gasteiger charge is 2.26. The smallest absolute Gasteiger partial charge is 0.305 e. The molecule has 0 bridgehead atoms. The number of carbonyl (C=O) groups is 2. The predicted octanol–water partition coefficient (Wildman–Crippen LogP) is 7.80. The topological polar surface area (TPSA) is 88.5 Å². The molecule has 0 aliphatic heterocycles. The van der Waals surface area contributed by atoms with Gasteiger partial charge in [-0.05, 0) is 78.4 Å². The number of aliphatic carboxylic acids is 1. The summed E-state index contributed by atoms with van der Waals surface area (Å²) in [5.74, 6) is -0.426. The maximum Gasteiger partial charge on any atom is 0.305 e. The van der Waals surface area contributed by atoms with Crippen molar-refractivity contribution in [1.29, 1.82) is 0 Å². The van der Waals surface area contributed by atoms with Gasteiger partial charge in [-0.15, -0.1) is 0 Å². The number of nitrogens with one attached hydrogen (secondary N) is 1. The Bertz CT molecular complexity index is 1470. The molecule has 0 spiro atoms. The van der Waals surface area contributed by atoms with Crippen LogP contribution in [0, 0.1) is 6.92 Å². The Kier molecular flexibility index (Phi) is 10.0. The molecule has 1 amide bonds. The van der Waals surface area contributed by atoms with Gasteiger partial charge in [0.1, 0.15) is 5.75 Å². The number of pyridine rings is 1. The second-order valence-corrected chi connectivity index (χ2v) is 10.7. The number of fused-ring (bicyclic) bond motifs is 1. The van der Waals surface area contributed by atoms with Crippen molar-refractivity contribution in [2.45, 2.75) is 44.9 Å². The Balaban J connectivity index is 1.63. The van der Waals surface area contributed by atoms with Crippen LogP contribution in [0.15, 0.2) is 72.9 Å². The van der Waals surface area contributed by atoms with Crippen molar-refractivity contribution >= 4 is 46.0 Å². The van der Waals surface area contributed by atoms with E-state index in [1.807, 2.05) is 61.5 Å². The van der Waals surface area contributed by atoms with Crippen molar-refractivity contribution in [1.82, 2.24) is 10.3 Å². The third kappa shape index (κ3) is 7.32. The second-order valence-electron chi connectivity index (χ2n) is 9.81. The lowest BCUT2D eigenvalue weighted by Crippen LogP contribution is -2.26. The third-order valence-corrected chi connectivity index (χ3v) is 7.46.